The molecule has 0 aliphatic heterocycles. The smallest absolute Gasteiger partial charge is 0.160 e. The highest BCUT2D eigenvalue weighted by molar-refractivity contribution is 5.43. The van der Waals surface area contributed by atoms with Gasteiger partial charge in [-0.25, -0.2) is 0 Å². The Labute approximate surface area is 115 Å². The van der Waals surface area contributed by atoms with Gasteiger partial charge in [0.1, 0.15) is 0 Å². The van der Waals surface area contributed by atoms with Gasteiger partial charge in [-0.05, 0) is 43.9 Å². The Morgan fingerprint density at radius 1 is 1.26 bits per heavy atom. The number of nitrogens with one attached hydrogen (secondary N) is 1. The van der Waals surface area contributed by atoms with Gasteiger partial charge >= 0.3 is 0 Å². The molecule has 0 heterocycles. The Bertz CT molecular complexity index is 432. The van der Waals surface area contributed by atoms with Crippen LogP contribution in [0.25, 0.3) is 0 Å². The lowest BCUT2D eigenvalue weighted by atomic mass is 9.92. The van der Waals surface area contributed by atoms with Crippen molar-refractivity contribution in [3.05, 3.63) is 23.8 Å². The third kappa shape index (κ3) is 3.61. The zero-order valence-electron chi connectivity index (χ0n) is 12.0. The first-order valence-electron chi connectivity index (χ1n) is 6.79. The SMILES string of the molecule is COc1ccc(CC(C)(CN)NC2CC2)cc1OC. The Balaban J connectivity index is 2.12. The predicted octanol–water partition coefficient (Wildman–Crippen LogP) is 1.72. The van der Waals surface area contributed by atoms with Crippen LogP contribution in [0.4, 0.5) is 0 Å². The molecule has 1 aliphatic carbocycles. The van der Waals surface area contributed by atoms with Crippen molar-refractivity contribution in [1.82, 2.24) is 5.32 Å². The molecule has 0 amide bonds. The third-order valence-corrected chi connectivity index (χ3v) is 3.62. The fourth-order valence-corrected chi connectivity index (χ4v) is 2.34. The molecule has 0 saturated heterocycles. The maximum atomic E-state index is 5.94. The van der Waals surface area contributed by atoms with E-state index >= 15 is 0 Å². The van der Waals surface area contributed by atoms with Gasteiger partial charge in [-0.15, -0.1) is 0 Å². The lowest BCUT2D eigenvalue weighted by molar-refractivity contribution is 0.347. The monoisotopic (exact) mass is 264 g/mol. The van der Waals surface area contributed by atoms with Gasteiger partial charge in [0, 0.05) is 18.1 Å². The Kier molecular flexibility index (Phi) is 4.32. The van der Waals surface area contributed by atoms with E-state index in [1.165, 1.54) is 18.4 Å². The third-order valence-electron chi connectivity index (χ3n) is 3.62. The molecule has 1 atom stereocenters. The molecule has 1 aromatic rings. The summed E-state index contributed by atoms with van der Waals surface area (Å²) in [6.07, 6.45) is 3.42. The molecular weight excluding hydrogens is 240 g/mol. The van der Waals surface area contributed by atoms with Crippen LogP contribution in [0.1, 0.15) is 25.3 Å². The van der Waals surface area contributed by atoms with Crippen molar-refractivity contribution in [3.63, 3.8) is 0 Å². The highest BCUT2D eigenvalue weighted by atomic mass is 16.5. The fourth-order valence-electron chi connectivity index (χ4n) is 2.34. The fraction of sp³-hybridized carbons (Fsp3) is 0.600. The number of nitrogens with two attached hydrogens (primary N) is 1. The minimum Gasteiger partial charge on any atom is -0.493 e. The van der Waals surface area contributed by atoms with E-state index in [1.54, 1.807) is 14.2 Å². The number of methoxy groups -OCH3 is 2. The maximum Gasteiger partial charge on any atom is 0.160 e. The van der Waals surface area contributed by atoms with E-state index in [2.05, 4.69) is 18.3 Å². The van der Waals surface area contributed by atoms with Crippen LogP contribution in [0.2, 0.25) is 0 Å². The van der Waals surface area contributed by atoms with Crippen molar-refractivity contribution >= 4 is 0 Å². The highest BCUT2D eigenvalue weighted by Gasteiger charge is 2.31. The van der Waals surface area contributed by atoms with E-state index in [4.69, 9.17) is 15.2 Å². The first-order valence-corrected chi connectivity index (χ1v) is 6.79. The van der Waals surface area contributed by atoms with E-state index in [1.807, 2.05) is 12.1 Å². The van der Waals surface area contributed by atoms with Gasteiger partial charge in [0.05, 0.1) is 14.2 Å². The second-order valence-electron chi connectivity index (χ2n) is 5.55. The standard InChI is InChI=1S/C15H24N2O2/c1-15(10-16,17-12-5-6-12)9-11-4-7-13(18-2)14(8-11)19-3/h4,7-8,12,17H,5-6,9-10,16H2,1-3H3. The Morgan fingerprint density at radius 2 is 1.95 bits per heavy atom. The maximum absolute atomic E-state index is 5.94. The summed E-state index contributed by atoms with van der Waals surface area (Å²) in [6.45, 7) is 2.81. The summed E-state index contributed by atoms with van der Waals surface area (Å²) in [7, 11) is 3.31. The van der Waals surface area contributed by atoms with Crippen LogP contribution in [0.15, 0.2) is 18.2 Å². The summed E-state index contributed by atoms with van der Waals surface area (Å²) < 4.78 is 10.6. The second kappa shape index (κ2) is 5.80. The van der Waals surface area contributed by atoms with E-state index in [9.17, 15) is 0 Å². The average molecular weight is 264 g/mol. The first kappa shape index (κ1) is 14.2. The first-order chi connectivity index (χ1) is 9.10. The van der Waals surface area contributed by atoms with Crippen LogP contribution in [0.3, 0.4) is 0 Å². The topological polar surface area (TPSA) is 56.5 Å². The van der Waals surface area contributed by atoms with Gasteiger partial charge < -0.3 is 20.5 Å². The average Bonchev–Trinajstić information content (AvgIpc) is 3.22. The molecule has 1 fully saturated rings. The molecule has 1 aromatic carbocycles. The lowest BCUT2D eigenvalue weighted by Crippen LogP contribution is -2.51. The molecule has 1 aliphatic rings. The lowest BCUT2D eigenvalue weighted by Gasteiger charge is -2.30. The molecule has 0 bridgehead atoms. The van der Waals surface area contributed by atoms with Crippen molar-refractivity contribution in [1.29, 1.82) is 0 Å². The molecule has 0 aromatic heterocycles. The van der Waals surface area contributed by atoms with Gasteiger partial charge in [-0.2, -0.15) is 0 Å². The quantitative estimate of drug-likeness (QED) is 0.787. The molecule has 19 heavy (non-hydrogen) atoms. The van der Waals surface area contributed by atoms with Crippen LogP contribution in [0, 0.1) is 0 Å². The summed E-state index contributed by atoms with van der Waals surface area (Å²) in [5.41, 5.74) is 7.09. The van der Waals surface area contributed by atoms with Crippen LogP contribution in [-0.4, -0.2) is 32.3 Å². The van der Waals surface area contributed by atoms with Gasteiger partial charge in [0.15, 0.2) is 11.5 Å². The van der Waals surface area contributed by atoms with Crippen molar-refractivity contribution in [2.45, 2.75) is 37.8 Å². The summed E-state index contributed by atoms with van der Waals surface area (Å²) in [6, 6.07) is 6.70. The van der Waals surface area contributed by atoms with Crippen molar-refractivity contribution in [2.75, 3.05) is 20.8 Å². The van der Waals surface area contributed by atoms with Crippen LogP contribution < -0.4 is 20.5 Å². The van der Waals surface area contributed by atoms with E-state index in [-0.39, 0.29) is 5.54 Å². The van der Waals surface area contributed by atoms with E-state index in [0.29, 0.717) is 12.6 Å². The van der Waals surface area contributed by atoms with Crippen molar-refractivity contribution in [3.8, 4) is 11.5 Å². The summed E-state index contributed by atoms with van der Waals surface area (Å²) in [5, 5.41) is 3.63. The zero-order valence-corrected chi connectivity index (χ0v) is 12.0. The molecule has 2 rings (SSSR count). The number of rotatable bonds is 7. The highest BCUT2D eigenvalue weighted by Crippen LogP contribution is 2.30. The molecule has 3 N–H and O–H groups in total. The predicted molar refractivity (Wildman–Crippen MR) is 76.9 cm³/mol. The number of hydrogen-bond acceptors (Lipinski definition) is 4. The molecule has 4 nitrogen and oxygen atoms in total. The normalized spacial score (nSPS) is 17.9. The minimum absolute atomic E-state index is 0.0548. The van der Waals surface area contributed by atoms with Crippen LogP contribution in [0.5, 0.6) is 11.5 Å². The van der Waals surface area contributed by atoms with Gasteiger partial charge in [0.25, 0.3) is 0 Å². The van der Waals surface area contributed by atoms with Crippen LogP contribution in [-0.2, 0) is 6.42 Å². The van der Waals surface area contributed by atoms with Crippen molar-refractivity contribution < 1.29 is 9.47 Å². The zero-order chi connectivity index (χ0) is 13.9. The van der Waals surface area contributed by atoms with Crippen molar-refractivity contribution in [2.24, 2.45) is 5.73 Å². The Morgan fingerprint density at radius 3 is 2.47 bits per heavy atom. The van der Waals surface area contributed by atoms with Gasteiger partial charge in [-0.1, -0.05) is 6.07 Å². The molecule has 1 saturated carbocycles. The largest absolute Gasteiger partial charge is 0.493 e. The molecular formula is C15H24N2O2. The number of ether oxygens (including phenoxy) is 2. The number of benzene rings is 1. The van der Waals surface area contributed by atoms with E-state index < -0.39 is 0 Å². The van der Waals surface area contributed by atoms with Crippen LogP contribution >= 0.6 is 0 Å². The summed E-state index contributed by atoms with van der Waals surface area (Å²) in [4.78, 5) is 0. The molecule has 0 radical (unpaired) electrons. The Hall–Kier alpha value is -1.26. The molecule has 0 spiro atoms. The van der Waals surface area contributed by atoms with E-state index in [0.717, 1.165) is 17.9 Å². The summed E-state index contributed by atoms with van der Waals surface area (Å²) in [5.74, 6) is 1.53. The number of hydrogen-bond donors (Lipinski definition) is 2. The second-order valence-corrected chi connectivity index (χ2v) is 5.55. The van der Waals surface area contributed by atoms with Gasteiger partial charge in [0.2, 0.25) is 0 Å². The molecule has 106 valence electrons. The summed E-state index contributed by atoms with van der Waals surface area (Å²) >= 11 is 0. The van der Waals surface area contributed by atoms with Gasteiger partial charge in [-0.3, -0.25) is 0 Å². The molecule has 1 unspecified atom stereocenters. The minimum atomic E-state index is -0.0548. The molecule has 4 heteroatoms.